The van der Waals surface area contributed by atoms with Crippen molar-refractivity contribution in [3.63, 3.8) is 0 Å². The van der Waals surface area contributed by atoms with Crippen molar-refractivity contribution in [3.8, 4) is 0 Å². The summed E-state index contributed by atoms with van der Waals surface area (Å²) in [6.45, 7) is 1.23. The lowest BCUT2D eigenvalue weighted by Gasteiger charge is -2.11. The third kappa shape index (κ3) is 6.71. The summed E-state index contributed by atoms with van der Waals surface area (Å²) in [7, 11) is 1.63. The molecule has 0 atom stereocenters. The van der Waals surface area contributed by atoms with E-state index in [-0.39, 0.29) is 17.7 Å². The van der Waals surface area contributed by atoms with Crippen LogP contribution in [0.25, 0.3) is 0 Å². The highest BCUT2D eigenvalue weighted by Gasteiger charge is 2.18. The van der Waals surface area contributed by atoms with Crippen molar-refractivity contribution in [2.45, 2.75) is 36.1 Å². The first kappa shape index (κ1) is 18.0. The highest BCUT2D eigenvalue weighted by Crippen LogP contribution is 2.25. The number of nitrogens with zero attached hydrogens (tertiary/aromatic N) is 2. The Hall–Kier alpha value is -1.39. The average molecular weight is 359 g/mol. The van der Waals surface area contributed by atoms with Gasteiger partial charge in [-0.05, 0) is 12.8 Å². The molecule has 1 aromatic heterocycles. The molecule has 128 valence electrons. The summed E-state index contributed by atoms with van der Waals surface area (Å²) in [4.78, 5) is 23.4. The van der Waals surface area contributed by atoms with E-state index >= 15 is 0 Å². The maximum atomic E-state index is 11.7. The largest absolute Gasteiger partial charge is 0.383 e. The van der Waals surface area contributed by atoms with Crippen molar-refractivity contribution in [1.29, 1.82) is 0 Å². The third-order valence-electron chi connectivity index (χ3n) is 3.26. The molecule has 0 bridgehead atoms. The van der Waals surface area contributed by atoms with Gasteiger partial charge in [0, 0.05) is 19.7 Å². The summed E-state index contributed by atoms with van der Waals surface area (Å²) in [5.41, 5.74) is 0. The molecule has 0 saturated heterocycles. The smallest absolute Gasteiger partial charge is 0.321 e. The van der Waals surface area contributed by atoms with Gasteiger partial charge in [0.2, 0.25) is 11.0 Å². The van der Waals surface area contributed by atoms with Crippen LogP contribution in [0.5, 0.6) is 0 Å². The standard InChI is InChI=1S/C13H21N5O3S2/c1-21-7-6-14-12-17-18-13(23-12)22-8-10(19)16-11(20)15-9-4-2-3-5-9/h9H,2-8H2,1H3,(H,14,17)(H2,15,16,19,20). The fourth-order valence-corrected chi connectivity index (χ4v) is 3.76. The number of rotatable bonds is 8. The predicted octanol–water partition coefficient (Wildman–Crippen LogP) is 1.46. The Labute approximate surface area is 143 Å². The van der Waals surface area contributed by atoms with Crippen molar-refractivity contribution < 1.29 is 14.3 Å². The second kappa shape index (κ2) is 9.68. The van der Waals surface area contributed by atoms with E-state index in [1.807, 2.05) is 0 Å². The monoisotopic (exact) mass is 359 g/mol. The SMILES string of the molecule is COCCNc1nnc(SCC(=O)NC(=O)NC2CCCC2)s1. The molecule has 1 fully saturated rings. The van der Waals surface area contributed by atoms with Gasteiger partial charge >= 0.3 is 6.03 Å². The van der Waals surface area contributed by atoms with E-state index in [4.69, 9.17) is 4.74 Å². The second-order valence-corrected chi connectivity index (χ2v) is 7.28. The lowest BCUT2D eigenvalue weighted by molar-refractivity contribution is -0.117. The molecule has 1 aromatic rings. The van der Waals surface area contributed by atoms with Gasteiger partial charge in [-0.3, -0.25) is 10.1 Å². The highest BCUT2D eigenvalue weighted by atomic mass is 32.2. The van der Waals surface area contributed by atoms with Gasteiger partial charge in [0.1, 0.15) is 0 Å². The number of hydrogen-bond donors (Lipinski definition) is 3. The Balaban J connectivity index is 1.64. The van der Waals surface area contributed by atoms with E-state index in [9.17, 15) is 9.59 Å². The number of anilines is 1. The molecule has 0 aromatic carbocycles. The summed E-state index contributed by atoms with van der Waals surface area (Å²) in [5.74, 6) is -0.209. The second-order valence-electron chi connectivity index (χ2n) is 5.08. The number of imide groups is 1. The number of carbonyl (C=O) groups is 2. The lowest BCUT2D eigenvalue weighted by Crippen LogP contribution is -2.44. The van der Waals surface area contributed by atoms with E-state index in [1.54, 1.807) is 7.11 Å². The van der Waals surface area contributed by atoms with Crippen LogP contribution < -0.4 is 16.0 Å². The van der Waals surface area contributed by atoms with Crippen molar-refractivity contribution in [2.75, 3.05) is 31.3 Å². The van der Waals surface area contributed by atoms with Gasteiger partial charge in [-0.25, -0.2) is 4.79 Å². The molecule has 3 N–H and O–H groups in total. The number of amides is 3. The Morgan fingerprint density at radius 1 is 1.35 bits per heavy atom. The van der Waals surface area contributed by atoms with Crippen LogP contribution in [0.2, 0.25) is 0 Å². The molecule has 1 aliphatic carbocycles. The maximum Gasteiger partial charge on any atom is 0.321 e. The van der Waals surface area contributed by atoms with Crippen LogP contribution in [0.4, 0.5) is 9.93 Å². The van der Waals surface area contributed by atoms with Gasteiger partial charge in [-0.15, -0.1) is 10.2 Å². The predicted molar refractivity (Wildman–Crippen MR) is 89.9 cm³/mol. The molecule has 8 nitrogen and oxygen atoms in total. The number of thioether (sulfide) groups is 1. The molecule has 0 spiro atoms. The van der Waals surface area contributed by atoms with E-state index < -0.39 is 6.03 Å². The fourth-order valence-electron chi connectivity index (χ4n) is 2.18. The van der Waals surface area contributed by atoms with E-state index in [1.165, 1.54) is 23.1 Å². The average Bonchev–Trinajstić information content (AvgIpc) is 3.17. The van der Waals surface area contributed by atoms with Crippen LogP contribution in [0, 0.1) is 0 Å². The minimum atomic E-state index is -0.415. The summed E-state index contributed by atoms with van der Waals surface area (Å²) in [5, 5.41) is 16.8. The van der Waals surface area contributed by atoms with Gasteiger partial charge in [0.15, 0.2) is 4.34 Å². The maximum absolute atomic E-state index is 11.7. The highest BCUT2D eigenvalue weighted by molar-refractivity contribution is 8.01. The number of ether oxygens (including phenoxy) is 1. The molecule has 1 aliphatic rings. The molecule has 3 amide bonds. The van der Waals surface area contributed by atoms with E-state index in [2.05, 4.69) is 26.1 Å². The molecular weight excluding hydrogens is 338 g/mol. The summed E-state index contributed by atoms with van der Waals surface area (Å²) in [6, 6.07) is -0.221. The van der Waals surface area contributed by atoms with Crippen LogP contribution in [0.15, 0.2) is 4.34 Å². The summed E-state index contributed by atoms with van der Waals surface area (Å²) >= 11 is 2.62. The molecule has 1 heterocycles. The number of nitrogens with one attached hydrogen (secondary N) is 3. The van der Waals surface area contributed by atoms with Crippen molar-refractivity contribution >= 4 is 40.2 Å². The third-order valence-corrected chi connectivity index (χ3v) is 5.27. The summed E-state index contributed by atoms with van der Waals surface area (Å²) in [6.07, 6.45) is 4.24. The molecule has 0 unspecified atom stereocenters. The van der Waals surface area contributed by atoms with Crippen molar-refractivity contribution in [2.24, 2.45) is 0 Å². The van der Waals surface area contributed by atoms with Gasteiger partial charge < -0.3 is 15.4 Å². The Morgan fingerprint density at radius 2 is 2.13 bits per heavy atom. The Bertz CT molecular complexity index is 519. The van der Waals surface area contributed by atoms with E-state index in [0.717, 1.165) is 25.7 Å². The van der Waals surface area contributed by atoms with Gasteiger partial charge in [0.05, 0.1) is 12.4 Å². The lowest BCUT2D eigenvalue weighted by atomic mass is 10.2. The zero-order valence-electron chi connectivity index (χ0n) is 13.0. The first-order valence-corrected chi connectivity index (χ1v) is 9.27. The van der Waals surface area contributed by atoms with Crippen LogP contribution in [-0.2, 0) is 9.53 Å². The Morgan fingerprint density at radius 3 is 2.87 bits per heavy atom. The van der Waals surface area contributed by atoms with Crippen LogP contribution >= 0.6 is 23.1 Å². The van der Waals surface area contributed by atoms with Crippen molar-refractivity contribution in [3.05, 3.63) is 0 Å². The van der Waals surface area contributed by atoms with E-state index in [0.29, 0.717) is 22.6 Å². The molecular formula is C13H21N5O3S2. The number of hydrogen-bond acceptors (Lipinski definition) is 8. The molecule has 2 rings (SSSR count). The van der Waals surface area contributed by atoms with Gasteiger partial charge in [-0.1, -0.05) is 35.9 Å². The first-order chi connectivity index (χ1) is 11.2. The fraction of sp³-hybridized carbons (Fsp3) is 0.692. The van der Waals surface area contributed by atoms with Crippen molar-refractivity contribution in [1.82, 2.24) is 20.8 Å². The number of urea groups is 1. The summed E-state index contributed by atoms with van der Waals surface area (Å²) < 4.78 is 5.61. The number of carbonyl (C=O) groups excluding carboxylic acids is 2. The molecule has 0 radical (unpaired) electrons. The normalized spacial score (nSPS) is 14.7. The zero-order chi connectivity index (χ0) is 16.5. The van der Waals surface area contributed by atoms with Gasteiger partial charge in [-0.2, -0.15) is 0 Å². The Kier molecular flexibility index (Phi) is 7.56. The molecule has 0 aliphatic heterocycles. The molecule has 23 heavy (non-hydrogen) atoms. The van der Waals surface area contributed by atoms with Crippen LogP contribution in [0.1, 0.15) is 25.7 Å². The number of aromatic nitrogens is 2. The minimum Gasteiger partial charge on any atom is -0.383 e. The molecule has 1 saturated carbocycles. The minimum absolute atomic E-state index is 0.130. The number of methoxy groups -OCH3 is 1. The van der Waals surface area contributed by atoms with Crippen LogP contribution in [0.3, 0.4) is 0 Å². The topological polar surface area (TPSA) is 105 Å². The molecule has 10 heteroatoms. The van der Waals surface area contributed by atoms with Gasteiger partial charge in [0.25, 0.3) is 0 Å². The zero-order valence-corrected chi connectivity index (χ0v) is 14.6. The quantitative estimate of drug-likeness (QED) is 0.476. The van der Waals surface area contributed by atoms with Crippen LogP contribution in [-0.4, -0.2) is 54.2 Å². The first-order valence-electron chi connectivity index (χ1n) is 7.47.